The number of hydrogen-bond acceptors (Lipinski definition) is 2. The smallest absolute Gasteiger partial charge is 0.300 e. The number of carboxylic acids is 1. The molecule has 2 N–H and O–H groups in total. The third-order valence-corrected chi connectivity index (χ3v) is 1.98. The van der Waals surface area contributed by atoms with Gasteiger partial charge in [0.1, 0.15) is 0 Å². The zero-order chi connectivity index (χ0) is 9.40. The number of hydrogen-bond donors (Lipinski definition) is 2. The lowest BCUT2D eigenvalue weighted by Crippen LogP contribution is -2.29. The van der Waals surface area contributed by atoms with E-state index >= 15 is 0 Å². The zero-order valence-corrected chi connectivity index (χ0v) is 7.97. The summed E-state index contributed by atoms with van der Waals surface area (Å²) in [5, 5.41) is 10.8. The molecular formula is C9H19NO2. The molecule has 12 heavy (non-hydrogen) atoms. The molecule has 1 rings (SSSR count). The fourth-order valence-electron chi connectivity index (χ4n) is 1.27. The van der Waals surface area contributed by atoms with E-state index in [1.54, 1.807) is 0 Å². The highest BCUT2D eigenvalue weighted by atomic mass is 16.4. The summed E-state index contributed by atoms with van der Waals surface area (Å²) >= 11 is 0. The van der Waals surface area contributed by atoms with Crippen molar-refractivity contribution in [3.05, 3.63) is 0 Å². The third-order valence-electron chi connectivity index (χ3n) is 1.98. The Labute approximate surface area is 74.2 Å². The van der Waals surface area contributed by atoms with Gasteiger partial charge in [-0.1, -0.05) is 13.3 Å². The van der Waals surface area contributed by atoms with Gasteiger partial charge in [0.25, 0.3) is 5.97 Å². The fourth-order valence-corrected chi connectivity index (χ4v) is 1.27. The minimum Gasteiger partial charge on any atom is -0.481 e. The van der Waals surface area contributed by atoms with Crippen molar-refractivity contribution in [2.45, 2.75) is 33.1 Å². The summed E-state index contributed by atoms with van der Waals surface area (Å²) in [6.45, 7) is 5.87. The van der Waals surface area contributed by atoms with Crippen LogP contribution in [0.3, 0.4) is 0 Å². The van der Waals surface area contributed by atoms with Crippen LogP contribution in [0.2, 0.25) is 0 Å². The summed E-state index contributed by atoms with van der Waals surface area (Å²) in [5.74, 6) is 0.142. The molecule has 1 heterocycles. The first-order valence-electron chi connectivity index (χ1n) is 4.57. The average Bonchev–Trinajstić information content (AvgIpc) is 2.05. The molecule has 1 unspecified atom stereocenters. The van der Waals surface area contributed by atoms with E-state index in [-0.39, 0.29) is 0 Å². The average molecular weight is 173 g/mol. The van der Waals surface area contributed by atoms with Gasteiger partial charge in [0, 0.05) is 6.92 Å². The van der Waals surface area contributed by atoms with Gasteiger partial charge in [0.2, 0.25) is 0 Å². The molecule has 0 radical (unpaired) electrons. The third kappa shape index (κ3) is 7.54. The maximum absolute atomic E-state index is 9.00. The van der Waals surface area contributed by atoms with E-state index in [9.17, 15) is 0 Å². The van der Waals surface area contributed by atoms with Gasteiger partial charge < -0.3 is 10.4 Å². The quantitative estimate of drug-likeness (QED) is 0.631. The number of nitrogens with one attached hydrogen (secondary N) is 1. The largest absolute Gasteiger partial charge is 0.481 e. The Morgan fingerprint density at radius 3 is 2.50 bits per heavy atom. The van der Waals surface area contributed by atoms with Crippen molar-refractivity contribution in [1.29, 1.82) is 0 Å². The molecule has 0 aliphatic carbocycles. The van der Waals surface area contributed by atoms with E-state index in [1.807, 2.05) is 0 Å². The van der Waals surface area contributed by atoms with E-state index in [4.69, 9.17) is 9.90 Å². The Morgan fingerprint density at radius 2 is 2.25 bits per heavy atom. The van der Waals surface area contributed by atoms with Crippen LogP contribution in [0, 0.1) is 5.92 Å². The van der Waals surface area contributed by atoms with Gasteiger partial charge in [-0.25, -0.2) is 0 Å². The van der Waals surface area contributed by atoms with Crippen molar-refractivity contribution in [2.75, 3.05) is 13.1 Å². The summed E-state index contributed by atoms with van der Waals surface area (Å²) in [6, 6.07) is 0. The van der Waals surface area contributed by atoms with Crippen molar-refractivity contribution in [2.24, 2.45) is 5.92 Å². The van der Waals surface area contributed by atoms with Gasteiger partial charge in [0.15, 0.2) is 0 Å². The second-order valence-electron chi connectivity index (χ2n) is 3.14. The molecule has 1 aliphatic rings. The first-order valence-corrected chi connectivity index (χ1v) is 4.57. The SMILES string of the molecule is CC(=O)O.CCC1CCCNC1. The first-order chi connectivity index (χ1) is 5.66. The Kier molecular flexibility index (Phi) is 6.76. The van der Waals surface area contributed by atoms with Crippen molar-refractivity contribution >= 4 is 5.97 Å². The van der Waals surface area contributed by atoms with Gasteiger partial charge in [-0.05, 0) is 31.8 Å². The molecule has 72 valence electrons. The fraction of sp³-hybridized carbons (Fsp3) is 0.889. The molecule has 1 aliphatic heterocycles. The monoisotopic (exact) mass is 173 g/mol. The standard InChI is InChI=1S/C7H15N.C2H4O2/c1-2-7-4-3-5-8-6-7;1-2(3)4/h7-8H,2-6H2,1H3;1H3,(H,3,4). The topological polar surface area (TPSA) is 49.3 Å². The summed E-state index contributed by atoms with van der Waals surface area (Å²) in [5.41, 5.74) is 0. The van der Waals surface area contributed by atoms with E-state index in [2.05, 4.69) is 12.2 Å². The summed E-state index contributed by atoms with van der Waals surface area (Å²) in [6.07, 6.45) is 4.19. The Morgan fingerprint density at radius 1 is 1.67 bits per heavy atom. The van der Waals surface area contributed by atoms with Crippen LogP contribution in [0.25, 0.3) is 0 Å². The van der Waals surface area contributed by atoms with E-state index < -0.39 is 5.97 Å². The second kappa shape index (κ2) is 7.10. The highest BCUT2D eigenvalue weighted by Gasteiger charge is 2.08. The molecule has 1 atom stereocenters. The highest BCUT2D eigenvalue weighted by molar-refractivity contribution is 5.62. The van der Waals surface area contributed by atoms with E-state index in [1.165, 1.54) is 32.4 Å². The molecule has 0 amide bonds. The molecule has 0 saturated carbocycles. The summed E-state index contributed by atoms with van der Waals surface area (Å²) in [7, 11) is 0. The lowest BCUT2D eigenvalue weighted by Gasteiger charge is -2.20. The van der Waals surface area contributed by atoms with Crippen molar-refractivity contribution in [1.82, 2.24) is 5.32 Å². The van der Waals surface area contributed by atoms with Gasteiger partial charge in [0.05, 0.1) is 0 Å². The maximum Gasteiger partial charge on any atom is 0.300 e. The summed E-state index contributed by atoms with van der Waals surface area (Å²) in [4.78, 5) is 9.00. The number of aliphatic carboxylic acids is 1. The van der Waals surface area contributed by atoms with Crippen LogP contribution in [0.5, 0.6) is 0 Å². The molecule has 0 spiro atoms. The predicted molar refractivity (Wildman–Crippen MR) is 49.2 cm³/mol. The first kappa shape index (κ1) is 11.4. The van der Waals surface area contributed by atoms with Gasteiger partial charge >= 0.3 is 0 Å². The molecule has 0 bridgehead atoms. The molecule has 0 aromatic carbocycles. The molecule has 0 aromatic rings. The van der Waals surface area contributed by atoms with Crippen LogP contribution in [0.15, 0.2) is 0 Å². The van der Waals surface area contributed by atoms with Crippen LogP contribution in [0.4, 0.5) is 0 Å². The van der Waals surface area contributed by atoms with Crippen LogP contribution < -0.4 is 5.32 Å². The van der Waals surface area contributed by atoms with Crippen molar-refractivity contribution in [3.63, 3.8) is 0 Å². The Hall–Kier alpha value is -0.570. The van der Waals surface area contributed by atoms with Crippen LogP contribution >= 0.6 is 0 Å². The maximum atomic E-state index is 9.00. The van der Waals surface area contributed by atoms with Crippen molar-refractivity contribution < 1.29 is 9.90 Å². The number of carbonyl (C=O) groups is 1. The molecule has 3 nitrogen and oxygen atoms in total. The molecule has 0 aromatic heterocycles. The molecule has 3 heteroatoms. The van der Waals surface area contributed by atoms with Gasteiger partial charge in [-0.15, -0.1) is 0 Å². The number of rotatable bonds is 1. The summed E-state index contributed by atoms with van der Waals surface area (Å²) < 4.78 is 0. The van der Waals surface area contributed by atoms with Crippen LogP contribution in [0.1, 0.15) is 33.1 Å². The van der Waals surface area contributed by atoms with E-state index in [0.717, 1.165) is 12.8 Å². The van der Waals surface area contributed by atoms with Gasteiger partial charge in [-0.3, -0.25) is 4.79 Å². The lowest BCUT2D eigenvalue weighted by atomic mass is 9.97. The highest BCUT2D eigenvalue weighted by Crippen LogP contribution is 2.12. The van der Waals surface area contributed by atoms with E-state index in [0.29, 0.717) is 0 Å². The minimum atomic E-state index is -0.833. The molecule has 1 saturated heterocycles. The normalized spacial score (nSPS) is 22.3. The van der Waals surface area contributed by atoms with Crippen molar-refractivity contribution in [3.8, 4) is 0 Å². The molecule has 1 fully saturated rings. The minimum absolute atomic E-state index is 0.833. The second-order valence-corrected chi connectivity index (χ2v) is 3.14. The number of carboxylic acid groups (broad SMARTS) is 1. The Bertz CT molecular complexity index is 116. The van der Waals surface area contributed by atoms with Crippen LogP contribution in [-0.4, -0.2) is 24.2 Å². The lowest BCUT2D eigenvalue weighted by molar-refractivity contribution is -0.134. The molecular weight excluding hydrogens is 154 g/mol. The number of piperidine rings is 1. The van der Waals surface area contributed by atoms with Gasteiger partial charge in [-0.2, -0.15) is 0 Å². The zero-order valence-electron chi connectivity index (χ0n) is 7.97. The Balaban J connectivity index is 0.000000261. The predicted octanol–water partition coefficient (Wildman–Crippen LogP) is 1.49. The van der Waals surface area contributed by atoms with Crippen LogP contribution in [-0.2, 0) is 4.79 Å².